The van der Waals surface area contributed by atoms with Gasteiger partial charge in [-0.1, -0.05) is 91.5 Å². The van der Waals surface area contributed by atoms with E-state index >= 15 is 0 Å². The van der Waals surface area contributed by atoms with Crippen LogP contribution in [-0.2, 0) is 42.2 Å². The van der Waals surface area contributed by atoms with Gasteiger partial charge >= 0.3 is 0 Å². The number of aromatic nitrogens is 1. The van der Waals surface area contributed by atoms with Crippen LogP contribution in [0.4, 0.5) is 0 Å². The summed E-state index contributed by atoms with van der Waals surface area (Å²) in [6, 6.07) is 16.8. The normalized spacial score (nSPS) is 14.5. The molecular weight excluding hydrogens is 739 g/mol. The van der Waals surface area contributed by atoms with Gasteiger partial charge in [0.15, 0.2) is 5.78 Å². The molecule has 0 saturated carbocycles. The fourth-order valence-corrected chi connectivity index (χ4v) is 7.85. The zero-order valence-electron chi connectivity index (χ0n) is 28.1. The molecule has 5 heteroatoms. The number of rotatable bonds is 8. The van der Waals surface area contributed by atoms with Crippen molar-refractivity contribution in [1.82, 2.24) is 4.98 Å². The van der Waals surface area contributed by atoms with E-state index in [-0.39, 0.29) is 54.3 Å². The first-order valence-electron chi connectivity index (χ1n) is 16.2. The number of pyridine rings is 1. The van der Waals surface area contributed by atoms with E-state index in [1.54, 1.807) is 10.4 Å². The molecule has 1 aliphatic carbocycles. The summed E-state index contributed by atoms with van der Waals surface area (Å²) in [5.41, 5.74) is 5.46. The Bertz CT molecular complexity index is 1620. The summed E-state index contributed by atoms with van der Waals surface area (Å²) in [7, 11) is 0. The largest absolute Gasteiger partial charge is 0.512 e. The first-order valence-corrected chi connectivity index (χ1v) is 17.0. The molecule has 2 heterocycles. The van der Waals surface area contributed by atoms with Crippen LogP contribution in [0.3, 0.4) is 0 Å². The molecule has 0 fully saturated rings. The van der Waals surface area contributed by atoms with Gasteiger partial charge in [0.1, 0.15) is 0 Å². The third-order valence-electron chi connectivity index (χ3n) is 9.24. The van der Waals surface area contributed by atoms with Gasteiger partial charge in [0.05, 0.1) is 5.76 Å². The summed E-state index contributed by atoms with van der Waals surface area (Å²) in [5.74, 6) is 0.547. The molecule has 0 saturated heterocycles. The number of aryl methyl sites for hydroxylation is 1. The van der Waals surface area contributed by atoms with Crippen LogP contribution in [0.25, 0.3) is 32.1 Å². The van der Waals surface area contributed by atoms with Gasteiger partial charge in [0.2, 0.25) is 0 Å². The average molecular weight is 789 g/mol. The number of benzene rings is 2. The molecule has 44 heavy (non-hydrogen) atoms. The number of nitrogens with zero attached hydrogens (tertiary/aromatic N) is 1. The Hall–Kier alpha value is -2.33. The molecule has 1 N–H and O–H groups in total. The number of carbonyl (C=O) groups excluding carboxylic acids is 1. The van der Waals surface area contributed by atoms with Crippen LogP contribution in [-0.4, -0.2) is 15.9 Å². The number of allylic oxidation sites excluding steroid dienone is 2. The van der Waals surface area contributed by atoms with E-state index in [2.05, 4.69) is 77.1 Å². The van der Waals surface area contributed by atoms with Gasteiger partial charge < -0.3 is 5.11 Å². The molecule has 5 rings (SSSR count). The van der Waals surface area contributed by atoms with E-state index in [1.807, 2.05) is 45.2 Å². The third kappa shape index (κ3) is 7.54. The van der Waals surface area contributed by atoms with Crippen molar-refractivity contribution in [2.24, 2.45) is 11.8 Å². The summed E-state index contributed by atoms with van der Waals surface area (Å²) in [6.45, 7) is 19.7. The quantitative estimate of drug-likeness (QED) is 0.110. The van der Waals surface area contributed by atoms with Crippen molar-refractivity contribution in [2.75, 3.05) is 0 Å². The van der Waals surface area contributed by atoms with Gasteiger partial charge in [0.25, 0.3) is 0 Å². The fourth-order valence-electron chi connectivity index (χ4n) is 6.37. The molecule has 239 valence electrons. The van der Waals surface area contributed by atoms with E-state index in [1.165, 1.54) is 45.3 Å². The van der Waals surface area contributed by atoms with E-state index in [0.717, 1.165) is 36.9 Å². The molecule has 0 amide bonds. The van der Waals surface area contributed by atoms with Crippen molar-refractivity contribution < 1.29 is 30.0 Å². The van der Waals surface area contributed by atoms with Crippen molar-refractivity contribution in [3.8, 4) is 11.3 Å². The van der Waals surface area contributed by atoms with Gasteiger partial charge in [-0.15, -0.1) is 40.5 Å². The number of hydrogen-bond donors (Lipinski definition) is 1. The number of ketones is 1. The molecule has 0 bridgehead atoms. The first kappa shape index (κ1) is 36.1. The van der Waals surface area contributed by atoms with Crippen LogP contribution in [0.5, 0.6) is 0 Å². The molecule has 4 aromatic rings. The van der Waals surface area contributed by atoms with Crippen molar-refractivity contribution in [1.29, 1.82) is 0 Å². The van der Waals surface area contributed by atoms with Crippen LogP contribution < -0.4 is 0 Å². The number of carbonyl (C=O) groups is 1. The molecule has 0 aliphatic heterocycles. The first-order chi connectivity index (χ1) is 20.4. The zero-order chi connectivity index (χ0) is 31.5. The molecule has 0 unspecified atom stereocenters. The Kier molecular flexibility index (Phi) is 12.2. The van der Waals surface area contributed by atoms with Crippen LogP contribution in [0.1, 0.15) is 110 Å². The third-order valence-corrected chi connectivity index (χ3v) is 10.9. The predicted octanol–water partition coefficient (Wildman–Crippen LogP) is 11.3. The second-order valence-corrected chi connectivity index (χ2v) is 14.7. The summed E-state index contributed by atoms with van der Waals surface area (Å²) in [4.78, 5) is 18.1. The van der Waals surface area contributed by atoms with Crippen molar-refractivity contribution >= 4 is 38.0 Å². The number of hydrogen-bond acceptors (Lipinski definition) is 4. The van der Waals surface area contributed by atoms with E-state index in [4.69, 9.17) is 4.98 Å². The Balaban J connectivity index is 0.000000286. The number of thiophene rings is 1. The van der Waals surface area contributed by atoms with Crippen LogP contribution in [0.15, 0.2) is 54.4 Å². The zero-order valence-corrected chi connectivity index (χ0v) is 31.3. The van der Waals surface area contributed by atoms with Gasteiger partial charge in [-0.25, -0.2) is 0 Å². The van der Waals surface area contributed by atoms with Crippen LogP contribution >= 0.6 is 11.3 Å². The number of aliphatic hydroxyl groups excluding tert-OH is 1. The van der Waals surface area contributed by atoms with Crippen LogP contribution in [0.2, 0.25) is 0 Å². The molecule has 3 nitrogen and oxygen atoms in total. The SMILES string of the molecule is CC(C)(C)c1cc(-c2nccc3c4c(sc23)C(C)(C)CC4)[c-]c2ccccc12.CCC(CC)C(=O)/C=C(\O)C(CC)CC.[Ir]. The Morgan fingerprint density at radius 3 is 2.27 bits per heavy atom. The summed E-state index contributed by atoms with van der Waals surface area (Å²) >= 11 is 1.95. The van der Waals surface area contributed by atoms with Gasteiger partial charge in [-0.2, -0.15) is 0 Å². The Morgan fingerprint density at radius 2 is 1.66 bits per heavy atom. The minimum Gasteiger partial charge on any atom is -0.512 e. The van der Waals surface area contributed by atoms with Crippen LogP contribution in [0, 0.1) is 17.9 Å². The van der Waals surface area contributed by atoms with Gasteiger partial charge in [-0.05, 0) is 66.4 Å². The molecule has 0 spiro atoms. The van der Waals surface area contributed by atoms with Gasteiger partial charge in [-0.3, -0.25) is 9.78 Å². The fraction of sp³-hybridized carbons (Fsp3) is 0.487. The molecular formula is C39H50IrNO2S-. The van der Waals surface area contributed by atoms with Gasteiger partial charge in [0, 0.05) is 59.5 Å². The molecule has 2 aromatic heterocycles. The summed E-state index contributed by atoms with van der Waals surface area (Å²) in [5, 5.41) is 13.6. The standard InChI is InChI=1S/C26H26NS.C13H24O2.Ir/c1-25(2,3)21-15-17(14-16-8-6-7-9-18(16)21)22-23-19(11-13-27-22)20-10-12-26(4,5)24(20)28-23;1-5-10(6-2)12(14)9-13(15)11(7-3)8-4;/h6-9,11,13,15H,10,12H2,1-5H3;9-11,14H,5-8H2,1-4H3;/q-1;;/b;12-9-;. The maximum atomic E-state index is 11.7. The predicted molar refractivity (Wildman–Crippen MR) is 185 cm³/mol. The maximum absolute atomic E-state index is 11.7. The topological polar surface area (TPSA) is 50.2 Å². The summed E-state index contributed by atoms with van der Waals surface area (Å²) < 4.78 is 1.33. The maximum Gasteiger partial charge on any atom is 0.162 e. The van der Waals surface area contributed by atoms with E-state index in [0.29, 0.717) is 0 Å². The molecule has 2 aromatic carbocycles. The van der Waals surface area contributed by atoms with E-state index in [9.17, 15) is 9.90 Å². The van der Waals surface area contributed by atoms with E-state index < -0.39 is 0 Å². The number of aliphatic hydroxyl groups is 1. The minimum atomic E-state index is 0. The molecule has 0 atom stereocenters. The van der Waals surface area contributed by atoms with Crippen molar-refractivity contribution in [3.05, 3.63) is 76.5 Å². The average Bonchev–Trinajstić information content (AvgIpc) is 3.50. The van der Waals surface area contributed by atoms with Crippen molar-refractivity contribution in [2.45, 2.75) is 112 Å². The molecule has 1 radical (unpaired) electrons. The second kappa shape index (κ2) is 14.8. The Morgan fingerprint density at radius 1 is 1.02 bits per heavy atom. The minimum absolute atomic E-state index is 0. The molecule has 1 aliphatic rings. The van der Waals surface area contributed by atoms with Crippen molar-refractivity contribution in [3.63, 3.8) is 0 Å². The monoisotopic (exact) mass is 789 g/mol. The summed E-state index contributed by atoms with van der Waals surface area (Å²) in [6.07, 6.45) is 9.32. The Labute approximate surface area is 282 Å². The smallest absolute Gasteiger partial charge is 0.162 e. The second-order valence-electron chi connectivity index (χ2n) is 13.7. The number of fused-ring (bicyclic) bond motifs is 4.